The molecule has 3 N–H and O–H groups in total. The van der Waals surface area contributed by atoms with Crippen molar-refractivity contribution < 1.29 is 39.2 Å². The fraction of sp³-hybridized carbons (Fsp3) is 0.391. The van der Waals surface area contributed by atoms with Gasteiger partial charge in [-0.3, -0.25) is 9.59 Å². The van der Waals surface area contributed by atoms with Crippen LogP contribution in [-0.2, 0) is 4.74 Å². The molecule has 0 amide bonds. The molecule has 0 atom stereocenters. The van der Waals surface area contributed by atoms with E-state index in [1.807, 2.05) is 26.0 Å². The maximum Gasteiger partial charge on any atom is 0.338 e. The molecule has 0 radical (unpaired) electrons. The Kier molecular flexibility index (Phi) is 18.6. The number of carbonyl (C=O) groups excluding carboxylic acids is 3. The molecular formula is C46H58N2O8. The molecule has 0 bridgehead atoms. The molecule has 4 aromatic rings. The Morgan fingerprint density at radius 3 is 1.41 bits per heavy atom. The molecule has 10 heteroatoms. The predicted octanol–water partition coefficient (Wildman–Crippen LogP) is 9.93. The Hall–Kier alpha value is -5.64. The topological polar surface area (TPSA) is 145 Å². The van der Waals surface area contributed by atoms with Crippen LogP contribution in [0.4, 0.5) is 11.4 Å². The number of benzene rings is 4. The van der Waals surface area contributed by atoms with E-state index in [1.165, 1.54) is 12.1 Å². The van der Waals surface area contributed by atoms with Crippen LogP contribution in [0.5, 0.6) is 11.5 Å². The molecular weight excluding hydrogens is 709 g/mol. The summed E-state index contributed by atoms with van der Waals surface area (Å²) in [6, 6.07) is 22.6. The van der Waals surface area contributed by atoms with Crippen molar-refractivity contribution in [2.24, 2.45) is 0 Å². The summed E-state index contributed by atoms with van der Waals surface area (Å²) >= 11 is 0. The molecule has 0 saturated heterocycles. The molecule has 4 rings (SSSR count). The van der Waals surface area contributed by atoms with E-state index >= 15 is 0 Å². The van der Waals surface area contributed by atoms with Crippen LogP contribution in [0.15, 0.2) is 84.9 Å². The highest BCUT2D eigenvalue weighted by molar-refractivity contribution is 6.16. The molecule has 10 nitrogen and oxygen atoms in total. The van der Waals surface area contributed by atoms with Crippen molar-refractivity contribution in [1.82, 2.24) is 0 Å². The number of unbranched alkanes of at least 4 members (excludes halogenated alkanes) is 5. The van der Waals surface area contributed by atoms with Gasteiger partial charge in [0.1, 0.15) is 11.5 Å². The van der Waals surface area contributed by atoms with Crippen LogP contribution < -0.4 is 9.80 Å². The Bertz CT molecular complexity index is 1890. The average molecular weight is 767 g/mol. The first-order chi connectivity index (χ1) is 27.0. The smallest absolute Gasteiger partial charge is 0.338 e. The lowest BCUT2D eigenvalue weighted by atomic mass is 9.97. The molecule has 0 heterocycles. The van der Waals surface area contributed by atoms with E-state index in [0.29, 0.717) is 6.61 Å². The second-order valence-corrected chi connectivity index (χ2v) is 13.5. The number of aromatic carboxylic acids is 1. The quantitative estimate of drug-likeness (QED) is 0.0426. The van der Waals surface area contributed by atoms with Crippen LogP contribution >= 0.6 is 0 Å². The lowest BCUT2D eigenvalue weighted by molar-refractivity contribution is 0.0494. The number of carboxylic acid groups (broad SMARTS) is 1. The maximum atomic E-state index is 13.0. The summed E-state index contributed by atoms with van der Waals surface area (Å²) in [5.41, 5.74) is 2.46. The van der Waals surface area contributed by atoms with Gasteiger partial charge in [-0.1, -0.05) is 89.3 Å². The number of phenolic OH excluding ortho intramolecular Hbond substituents is 2. The van der Waals surface area contributed by atoms with Crippen molar-refractivity contribution in [3.05, 3.63) is 118 Å². The average Bonchev–Trinajstić information content (AvgIpc) is 3.21. The zero-order chi connectivity index (χ0) is 41.0. The summed E-state index contributed by atoms with van der Waals surface area (Å²) in [5.74, 6) is -2.79. The van der Waals surface area contributed by atoms with Crippen LogP contribution in [-0.4, -0.2) is 71.6 Å². The second kappa shape index (κ2) is 23.3. The van der Waals surface area contributed by atoms with E-state index in [-0.39, 0.29) is 44.9 Å². The van der Waals surface area contributed by atoms with Gasteiger partial charge in [0, 0.05) is 60.8 Å². The van der Waals surface area contributed by atoms with Gasteiger partial charge in [-0.05, 0) is 69.5 Å². The third-order valence-electron chi connectivity index (χ3n) is 9.53. The minimum Gasteiger partial charge on any atom is -0.507 e. The first-order valence-corrected chi connectivity index (χ1v) is 19.9. The number of carboxylic acids is 1. The van der Waals surface area contributed by atoms with E-state index in [9.17, 15) is 34.5 Å². The van der Waals surface area contributed by atoms with Crippen molar-refractivity contribution in [2.75, 3.05) is 42.6 Å². The number of anilines is 2. The van der Waals surface area contributed by atoms with Crippen LogP contribution in [0.25, 0.3) is 0 Å². The monoisotopic (exact) mass is 766 g/mol. The Morgan fingerprint density at radius 2 is 0.964 bits per heavy atom. The molecule has 0 spiro atoms. The number of aromatic hydroxyl groups is 2. The molecule has 4 aromatic carbocycles. The summed E-state index contributed by atoms with van der Waals surface area (Å²) in [6.45, 7) is 14.2. The van der Waals surface area contributed by atoms with Gasteiger partial charge >= 0.3 is 11.9 Å². The summed E-state index contributed by atoms with van der Waals surface area (Å²) in [5, 5.41) is 30.2. The van der Waals surface area contributed by atoms with E-state index < -0.39 is 23.5 Å². The van der Waals surface area contributed by atoms with Gasteiger partial charge in [0.2, 0.25) is 0 Å². The number of esters is 1. The molecule has 0 fully saturated rings. The normalized spacial score (nSPS) is 10.6. The van der Waals surface area contributed by atoms with Crippen molar-refractivity contribution in [3.8, 4) is 11.5 Å². The molecule has 0 aliphatic heterocycles. The van der Waals surface area contributed by atoms with Gasteiger partial charge in [-0.25, -0.2) is 9.59 Å². The summed E-state index contributed by atoms with van der Waals surface area (Å²) in [4.78, 5) is 54.0. The minimum absolute atomic E-state index is 0.0708. The lowest BCUT2D eigenvalue weighted by Crippen LogP contribution is -2.25. The van der Waals surface area contributed by atoms with E-state index in [2.05, 4.69) is 30.6 Å². The number of carbonyl (C=O) groups is 4. The standard InChI is InChI=1S/C24H31NO4.C22H27NO4/c1-4-7-8-11-16-29-24(28)20-13-10-9-12-19(20)23(27)21-15-14-18(17-22(21)26)25(5-2)6-3;1-3-5-13-23(14-6-4-2)16-11-12-19(20(24)15-16)21(25)17-9-7-8-10-18(17)22(26)27/h9-10,12-15,17,26H,4-8,11,16H2,1-3H3;7-12,15,24H,3-6,13-14H2,1-2H3,(H,26,27). The highest BCUT2D eigenvalue weighted by Crippen LogP contribution is 2.30. The highest BCUT2D eigenvalue weighted by atomic mass is 16.5. The van der Waals surface area contributed by atoms with Gasteiger partial charge in [-0.15, -0.1) is 0 Å². The van der Waals surface area contributed by atoms with Gasteiger partial charge in [-0.2, -0.15) is 0 Å². The SMILES string of the molecule is CCCCCCOC(=O)c1ccccc1C(=O)c1ccc(N(CC)CC)cc1O.CCCCN(CCCC)c1ccc(C(=O)c2ccccc2C(=O)O)c(O)c1. The van der Waals surface area contributed by atoms with Gasteiger partial charge in [0.25, 0.3) is 0 Å². The van der Waals surface area contributed by atoms with Crippen molar-refractivity contribution in [3.63, 3.8) is 0 Å². The summed E-state index contributed by atoms with van der Waals surface area (Å²) < 4.78 is 5.35. The van der Waals surface area contributed by atoms with Gasteiger partial charge < -0.3 is 29.9 Å². The Labute approximate surface area is 331 Å². The minimum atomic E-state index is -1.17. The van der Waals surface area contributed by atoms with Gasteiger partial charge in [0.15, 0.2) is 11.6 Å². The number of hydrogen-bond acceptors (Lipinski definition) is 9. The fourth-order valence-electron chi connectivity index (χ4n) is 6.26. The molecule has 0 aliphatic carbocycles. The second-order valence-electron chi connectivity index (χ2n) is 13.5. The largest absolute Gasteiger partial charge is 0.507 e. The number of nitrogens with zero attached hydrogens (tertiary/aromatic N) is 2. The highest BCUT2D eigenvalue weighted by Gasteiger charge is 2.23. The molecule has 0 unspecified atom stereocenters. The van der Waals surface area contributed by atoms with Gasteiger partial charge in [0.05, 0.1) is 28.9 Å². The summed E-state index contributed by atoms with van der Waals surface area (Å²) in [7, 11) is 0. The number of ketones is 2. The third kappa shape index (κ3) is 12.4. The number of phenols is 2. The van der Waals surface area contributed by atoms with Crippen molar-refractivity contribution in [2.45, 2.75) is 86.0 Å². The Balaban J connectivity index is 0.000000301. The fourth-order valence-corrected chi connectivity index (χ4v) is 6.26. The van der Waals surface area contributed by atoms with E-state index in [0.717, 1.165) is 88.9 Å². The van der Waals surface area contributed by atoms with Crippen molar-refractivity contribution in [1.29, 1.82) is 0 Å². The van der Waals surface area contributed by atoms with Crippen molar-refractivity contribution >= 4 is 34.9 Å². The maximum absolute atomic E-state index is 13.0. The Morgan fingerprint density at radius 1 is 0.518 bits per heavy atom. The predicted molar refractivity (Wildman–Crippen MR) is 223 cm³/mol. The molecule has 0 saturated carbocycles. The first kappa shape index (κ1) is 44.8. The third-order valence-corrected chi connectivity index (χ3v) is 9.53. The first-order valence-electron chi connectivity index (χ1n) is 19.9. The number of ether oxygens (including phenoxy) is 1. The molecule has 0 aliphatic rings. The molecule has 56 heavy (non-hydrogen) atoms. The lowest BCUT2D eigenvalue weighted by Gasteiger charge is -2.25. The van der Waals surface area contributed by atoms with Crippen LogP contribution in [0.1, 0.15) is 139 Å². The number of rotatable bonds is 21. The van der Waals surface area contributed by atoms with Crippen LogP contribution in [0.3, 0.4) is 0 Å². The van der Waals surface area contributed by atoms with Crippen LogP contribution in [0, 0.1) is 0 Å². The van der Waals surface area contributed by atoms with E-state index in [1.54, 1.807) is 60.7 Å². The summed E-state index contributed by atoms with van der Waals surface area (Å²) in [6.07, 6.45) is 8.31. The molecule has 300 valence electrons. The zero-order valence-electron chi connectivity index (χ0n) is 33.6. The van der Waals surface area contributed by atoms with Crippen LogP contribution in [0.2, 0.25) is 0 Å². The molecule has 0 aromatic heterocycles. The number of hydrogen-bond donors (Lipinski definition) is 3. The van der Waals surface area contributed by atoms with E-state index in [4.69, 9.17) is 4.74 Å². The zero-order valence-corrected chi connectivity index (χ0v) is 33.6.